The molecule has 2 N–H and O–H groups in total. The van der Waals surface area contributed by atoms with Crippen LogP contribution in [0, 0.1) is 0 Å². The summed E-state index contributed by atoms with van der Waals surface area (Å²) < 4.78 is 101. The van der Waals surface area contributed by atoms with E-state index in [0.717, 1.165) is 38.2 Å². The highest BCUT2D eigenvalue weighted by molar-refractivity contribution is 5.30. The summed E-state index contributed by atoms with van der Waals surface area (Å²) in [6.45, 7) is -0.737. The first-order valence-corrected chi connectivity index (χ1v) is 11.5. The summed E-state index contributed by atoms with van der Waals surface area (Å²) in [6, 6.07) is 5.22. The van der Waals surface area contributed by atoms with Crippen molar-refractivity contribution in [2.75, 3.05) is 6.54 Å². The normalized spacial score (nSPS) is 25.6. The fraction of sp³-hybridized carbons (Fsp3) is 0.739. The first-order chi connectivity index (χ1) is 15.9. The minimum absolute atomic E-state index is 0.106. The molecule has 3 unspecified atom stereocenters. The van der Waals surface area contributed by atoms with Crippen molar-refractivity contribution in [1.29, 1.82) is 0 Å². The molecule has 1 aromatic carbocycles. The molecular formula is C23H30F7NO3. The fourth-order valence-electron chi connectivity index (χ4n) is 4.84. The number of nitrogens with one attached hydrogen (secondary N) is 1. The average molecular weight is 501 g/mol. The van der Waals surface area contributed by atoms with Gasteiger partial charge in [0.05, 0.1) is 12.2 Å². The predicted octanol–water partition coefficient (Wildman–Crippen LogP) is 5.62. The Balaban J connectivity index is 1.77. The number of aliphatic hydroxyl groups is 1. The van der Waals surface area contributed by atoms with Crippen molar-refractivity contribution in [3.63, 3.8) is 0 Å². The van der Waals surface area contributed by atoms with Crippen molar-refractivity contribution in [1.82, 2.24) is 5.32 Å². The molecule has 0 heterocycles. The second-order valence-electron chi connectivity index (χ2n) is 9.27. The van der Waals surface area contributed by atoms with Crippen LogP contribution >= 0.6 is 0 Å². The molecule has 0 amide bonds. The van der Waals surface area contributed by atoms with Crippen LogP contribution in [0.4, 0.5) is 30.7 Å². The topological polar surface area (TPSA) is 50.7 Å². The van der Waals surface area contributed by atoms with Gasteiger partial charge in [-0.15, -0.1) is 0 Å². The van der Waals surface area contributed by atoms with Gasteiger partial charge in [-0.3, -0.25) is 0 Å². The van der Waals surface area contributed by atoms with Crippen LogP contribution in [0.15, 0.2) is 24.3 Å². The van der Waals surface area contributed by atoms with Crippen LogP contribution in [0.25, 0.3) is 0 Å². The first-order valence-electron chi connectivity index (χ1n) is 11.5. The third-order valence-electron chi connectivity index (χ3n) is 6.48. The molecule has 2 aliphatic carbocycles. The van der Waals surface area contributed by atoms with Gasteiger partial charge in [-0.25, -0.2) is 0 Å². The van der Waals surface area contributed by atoms with Gasteiger partial charge in [0, 0.05) is 12.1 Å². The number of rotatable bonds is 10. The van der Waals surface area contributed by atoms with Crippen LogP contribution in [0.3, 0.4) is 0 Å². The van der Waals surface area contributed by atoms with Crippen LogP contribution in [-0.2, 0) is 11.2 Å². The SMILES string of the molecule is OC(CNC1(Cc2cccc(OC(F)(F)C(F)F)c2)CCCC(OC2CCCC2)C1)C(F)(F)F. The number of hydrogen-bond donors (Lipinski definition) is 2. The average Bonchev–Trinajstić information content (AvgIpc) is 3.24. The van der Waals surface area contributed by atoms with Crippen LogP contribution < -0.4 is 10.1 Å². The summed E-state index contributed by atoms with van der Waals surface area (Å²) in [4.78, 5) is 0. The third kappa shape index (κ3) is 7.45. The van der Waals surface area contributed by atoms with E-state index in [1.807, 2.05) is 0 Å². The van der Waals surface area contributed by atoms with E-state index in [-0.39, 0.29) is 18.6 Å². The van der Waals surface area contributed by atoms with Crippen LogP contribution in [0.1, 0.15) is 56.9 Å². The van der Waals surface area contributed by atoms with Crippen molar-refractivity contribution in [3.05, 3.63) is 29.8 Å². The van der Waals surface area contributed by atoms with Crippen molar-refractivity contribution in [2.45, 2.75) is 100 Å². The van der Waals surface area contributed by atoms with E-state index in [1.54, 1.807) is 6.07 Å². The molecule has 2 fully saturated rings. The smallest absolute Gasteiger partial charge is 0.428 e. The molecule has 2 saturated carbocycles. The van der Waals surface area contributed by atoms with Gasteiger partial charge in [-0.2, -0.15) is 30.7 Å². The predicted molar refractivity (Wildman–Crippen MR) is 110 cm³/mol. The lowest BCUT2D eigenvalue weighted by atomic mass is 9.76. The number of ether oxygens (including phenoxy) is 2. The van der Waals surface area contributed by atoms with Gasteiger partial charge in [-0.1, -0.05) is 25.0 Å². The highest BCUT2D eigenvalue weighted by Gasteiger charge is 2.45. The van der Waals surface area contributed by atoms with E-state index >= 15 is 0 Å². The van der Waals surface area contributed by atoms with Gasteiger partial charge in [0.15, 0.2) is 6.10 Å². The van der Waals surface area contributed by atoms with Gasteiger partial charge in [0.25, 0.3) is 0 Å². The van der Waals surface area contributed by atoms with Crippen LogP contribution in [0.5, 0.6) is 5.75 Å². The Morgan fingerprint density at radius 3 is 2.35 bits per heavy atom. The zero-order valence-corrected chi connectivity index (χ0v) is 18.6. The van der Waals surface area contributed by atoms with E-state index < -0.39 is 42.6 Å². The van der Waals surface area contributed by atoms with Crippen molar-refractivity contribution < 1.29 is 45.3 Å². The van der Waals surface area contributed by atoms with Gasteiger partial charge in [0.2, 0.25) is 0 Å². The Hall–Kier alpha value is -1.59. The molecule has 1 aromatic rings. The highest BCUT2D eigenvalue weighted by Crippen LogP contribution is 2.37. The Labute approximate surface area is 193 Å². The third-order valence-corrected chi connectivity index (χ3v) is 6.48. The fourth-order valence-corrected chi connectivity index (χ4v) is 4.84. The van der Waals surface area contributed by atoms with Crippen LogP contribution in [-0.4, -0.2) is 54.2 Å². The lowest BCUT2D eigenvalue weighted by Gasteiger charge is -2.43. The minimum Gasteiger partial charge on any atom is -0.428 e. The molecule has 2 aliphatic rings. The molecule has 34 heavy (non-hydrogen) atoms. The maximum absolute atomic E-state index is 13.3. The largest absolute Gasteiger partial charge is 0.461 e. The Kier molecular flexibility index (Phi) is 8.73. The monoisotopic (exact) mass is 501 g/mol. The van der Waals surface area contributed by atoms with E-state index in [9.17, 15) is 35.8 Å². The first kappa shape index (κ1) is 27.0. The molecule has 3 rings (SSSR count). The molecular weight excluding hydrogens is 471 g/mol. The maximum atomic E-state index is 13.3. The number of halogens is 7. The zero-order chi connectivity index (χ0) is 25.0. The minimum atomic E-state index is -4.79. The zero-order valence-electron chi connectivity index (χ0n) is 18.6. The summed E-state index contributed by atoms with van der Waals surface area (Å²) in [5.74, 6) is -0.470. The maximum Gasteiger partial charge on any atom is 0.461 e. The lowest BCUT2D eigenvalue weighted by molar-refractivity contribution is -0.253. The van der Waals surface area contributed by atoms with Gasteiger partial charge < -0.3 is 19.9 Å². The van der Waals surface area contributed by atoms with Crippen molar-refractivity contribution >= 4 is 0 Å². The van der Waals surface area contributed by atoms with E-state index in [2.05, 4.69) is 10.1 Å². The molecule has 0 radical (unpaired) electrons. The van der Waals surface area contributed by atoms with Gasteiger partial charge >= 0.3 is 18.7 Å². The van der Waals surface area contributed by atoms with Crippen LogP contribution in [0.2, 0.25) is 0 Å². The number of β-amino-alcohol motifs (C(OH)–C–C–N with tert-alkyl or cyclic N) is 1. The van der Waals surface area contributed by atoms with E-state index in [1.165, 1.54) is 12.1 Å². The Bertz CT molecular complexity index is 786. The number of alkyl halides is 7. The molecule has 3 atom stereocenters. The molecule has 0 aromatic heterocycles. The molecule has 0 spiro atoms. The summed E-state index contributed by atoms with van der Waals surface area (Å²) >= 11 is 0. The van der Waals surface area contributed by atoms with E-state index in [4.69, 9.17) is 4.74 Å². The number of hydrogen-bond acceptors (Lipinski definition) is 4. The van der Waals surface area contributed by atoms with Gasteiger partial charge in [-0.05, 0) is 62.6 Å². The standard InChI is InChI=1S/C23H30F7NO3/c24-20(25)23(29,30)34-17-8-3-5-15(11-17)12-21(31-14-19(32)22(26,27)28)10-4-9-18(13-21)33-16-6-1-2-7-16/h3,5,8,11,16,18-20,31-32H,1-2,4,6-7,9-10,12-14H2. The Morgan fingerprint density at radius 2 is 1.71 bits per heavy atom. The molecule has 11 heteroatoms. The van der Waals surface area contributed by atoms with Crippen molar-refractivity contribution in [2.24, 2.45) is 0 Å². The van der Waals surface area contributed by atoms with Gasteiger partial charge in [0.1, 0.15) is 5.75 Å². The molecule has 0 aliphatic heterocycles. The summed E-state index contributed by atoms with van der Waals surface area (Å²) in [7, 11) is 0. The number of aliphatic hydroxyl groups excluding tert-OH is 1. The van der Waals surface area contributed by atoms with Crippen molar-refractivity contribution in [3.8, 4) is 5.75 Å². The molecule has 0 bridgehead atoms. The molecule has 4 nitrogen and oxygen atoms in total. The second-order valence-corrected chi connectivity index (χ2v) is 9.27. The quantitative estimate of drug-likeness (QED) is 0.409. The second kappa shape index (κ2) is 11.0. The Morgan fingerprint density at radius 1 is 1.03 bits per heavy atom. The lowest BCUT2D eigenvalue weighted by Crippen LogP contribution is -2.55. The summed E-state index contributed by atoms with van der Waals surface area (Å²) in [5.41, 5.74) is -0.476. The molecule has 194 valence electrons. The molecule has 0 saturated heterocycles. The van der Waals surface area contributed by atoms with E-state index in [0.29, 0.717) is 24.8 Å². The highest BCUT2D eigenvalue weighted by atomic mass is 19.4. The summed E-state index contributed by atoms with van der Waals surface area (Å²) in [5, 5.41) is 12.4. The number of benzene rings is 1. The summed E-state index contributed by atoms with van der Waals surface area (Å²) in [6.07, 6.45) is -9.78.